The van der Waals surface area contributed by atoms with Crippen molar-refractivity contribution in [2.75, 3.05) is 0 Å². The van der Waals surface area contributed by atoms with Crippen LogP contribution in [-0.2, 0) is 0 Å². The zero-order valence-corrected chi connectivity index (χ0v) is 9.93. The zero-order valence-electron chi connectivity index (χ0n) is 9.93. The number of aromatic nitrogens is 3. The number of fused-ring (bicyclic) bond motifs is 1. The van der Waals surface area contributed by atoms with E-state index in [1.807, 2.05) is 24.7 Å². The van der Waals surface area contributed by atoms with Crippen molar-refractivity contribution in [3.63, 3.8) is 0 Å². The predicted octanol–water partition coefficient (Wildman–Crippen LogP) is 3.50. The highest BCUT2D eigenvalue weighted by atomic mass is 14.8. The van der Waals surface area contributed by atoms with Crippen molar-refractivity contribution in [2.45, 2.75) is 18.8 Å². The summed E-state index contributed by atoms with van der Waals surface area (Å²) in [5, 5.41) is 1.14. The second-order valence-electron chi connectivity index (χ2n) is 4.89. The van der Waals surface area contributed by atoms with Crippen LogP contribution in [0.15, 0.2) is 42.9 Å². The van der Waals surface area contributed by atoms with Gasteiger partial charge in [0.15, 0.2) is 0 Å². The molecule has 1 aliphatic rings. The van der Waals surface area contributed by atoms with E-state index in [-0.39, 0.29) is 0 Å². The molecule has 3 heteroatoms. The van der Waals surface area contributed by atoms with Crippen molar-refractivity contribution >= 4 is 11.0 Å². The van der Waals surface area contributed by atoms with E-state index in [0.29, 0.717) is 5.92 Å². The summed E-state index contributed by atoms with van der Waals surface area (Å²) in [6.45, 7) is 0. The average molecular weight is 235 g/mol. The van der Waals surface area contributed by atoms with E-state index in [2.05, 4.69) is 33.2 Å². The van der Waals surface area contributed by atoms with Crippen LogP contribution in [0.2, 0.25) is 0 Å². The van der Waals surface area contributed by atoms with Crippen LogP contribution in [0.3, 0.4) is 0 Å². The molecular weight excluding hydrogens is 222 g/mol. The van der Waals surface area contributed by atoms with Crippen molar-refractivity contribution in [3.8, 4) is 11.1 Å². The first-order valence-corrected chi connectivity index (χ1v) is 6.29. The molecule has 1 N–H and O–H groups in total. The van der Waals surface area contributed by atoms with Crippen LogP contribution in [0.25, 0.3) is 22.2 Å². The van der Waals surface area contributed by atoms with Crippen molar-refractivity contribution < 1.29 is 0 Å². The van der Waals surface area contributed by atoms with Crippen LogP contribution in [0.4, 0.5) is 0 Å². The summed E-state index contributed by atoms with van der Waals surface area (Å²) >= 11 is 0. The minimum atomic E-state index is 0.712. The third-order valence-electron chi connectivity index (χ3n) is 3.52. The number of hydrogen-bond donors (Lipinski definition) is 1. The Bertz CT molecular complexity index is 693. The number of hydrogen-bond acceptors (Lipinski definition) is 2. The van der Waals surface area contributed by atoms with E-state index < -0.39 is 0 Å². The van der Waals surface area contributed by atoms with E-state index in [0.717, 1.165) is 22.2 Å². The molecule has 4 rings (SSSR count). The molecule has 0 bridgehead atoms. The summed E-state index contributed by atoms with van der Waals surface area (Å²) in [6, 6.07) is 8.48. The summed E-state index contributed by atoms with van der Waals surface area (Å²) in [7, 11) is 0. The van der Waals surface area contributed by atoms with Gasteiger partial charge in [-0.2, -0.15) is 0 Å². The molecule has 3 heterocycles. The SMILES string of the molecule is c1cc2cc(-c3ccc(C4CC4)nc3)cnc2[nH]1. The second-order valence-corrected chi connectivity index (χ2v) is 4.89. The lowest BCUT2D eigenvalue weighted by Crippen LogP contribution is -1.87. The fourth-order valence-corrected chi connectivity index (χ4v) is 2.29. The third-order valence-corrected chi connectivity index (χ3v) is 3.52. The van der Waals surface area contributed by atoms with Crippen molar-refractivity contribution in [1.29, 1.82) is 0 Å². The molecule has 0 unspecified atom stereocenters. The molecule has 0 atom stereocenters. The molecule has 0 aliphatic heterocycles. The molecule has 3 aromatic rings. The van der Waals surface area contributed by atoms with Crippen LogP contribution in [0.1, 0.15) is 24.5 Å². The standard InChI is InChI=1S/C15H13N3/c1-2-10(1)14-4-3-12(8-17-14)13-7-11-5-6-16-15(11)18-9-13/h3-10H,1-2H2,(H,16,18). The Labute approximate surface area is 105 Å². The van der Waals surface area contributed by atoms with Gasteiger partial charge in [-0.05, 0) is 31.0 Å². The highest BCUT2D eigenvalue weighted by Crippen LogP contribution is 2.39. The Hall–Kier alpha value is -2.16. The van der Waals surface area contributed by atoms with Gasteiger partial charge in [0.1, 0.15) is 5.65 Å². The lowest BCUT2D eigenvalue weighted by Gasteiger charge is -2.02. The molecule has 18 heavy (non-hydrogen) atoms. The van der Waals surface area contributed by atoms with Gasteiger partial charge in [-0.3, -0.25) is 4.98 Å². The van der Waals surface area contributed by atoms with Gasteiger partial charge in [0.2, 0.25) is 0 Å². The molecule has 3 aromatic heterocycles. The van der Waals surface area contributed by atoms with E-state index in [9.17, 15) is 0 Å². The van der Waals surface area contributed by atoms with Gasteiger partial charge in [-0.25, -0.2) is 4.98 Å². The van der Waals surface area contributed by atoms with E-state index in [1.165, 1.54) is 18.5 Å². The maximum atomic E-state index is 4.55. The zero-order chi connectivity index (χ0) is 11.9. The van der Waals surface area contributed by atoms with Gasteiger partial charge in [-0.1, -0.05) is 6.07 Å². The quantitative estimate of drug-likeness (QED) is 0.738. The molecule has 0 saturated heterocycles. The monoisotopic (exact) mass is 235 g/mol. The fraction of sp³-hybridized carbons (Fsp3) is 0.200. The minimum absolute atomic E-state index is 0.712. The first-order valence-electron chi connectivity index (χ1n) is 6.29. The Morgan fingerprint density at radius 3 is 2.67 bits per heavy atom. The number of pyridine rings is 2. The van der Waals surface area contributed by atoms with Gasteiger partial charge in [-0.15, -0.1) is 0 Å². The van der Waals surface area contributed by atoms with Crippen LogP contribution in [-0.4, -0.2) is 15.0 Å². The molecule has 0 amide bonds. The molecule has 0 spiro atoms. The summed E-state index contributed by atoms with van der Waals surface area (Å²) < 4.78 is 0. The van der Waals surface area contributed by atoms with Crippen LogP contribution in [0, 0.1) is 0 Å². The molecule has 1 fully saturated rings. The maximum absolute atomic E-state index is 4.55. The smallest absolute Gasteiger partial charge is 0.137 e. The fourth-order valence-electron chi connectivity index (χ4n) is 2.29. The van der Waals surface area contributed by atoms with E-state index in [4.69, 9.17) is 0 Å². The first-order chi connectivity index (χ1) is 8.90. The molecule has 3 nitrogen and oxygen atoms in total. The summed E-state index contributed by atoms with van der Waals surface area (Å²) in [5.41, 5.74) is 4.42. The minimum Gasteiger partial charge on any atom is -0.346 e. The average Bonchev–Trinajstić information content (AvgIpc) is 3.17. The lowest BCUT2D eigenvalue weighted by atomic mass is 10.1. The topological polar surface area (TPSA) is 41.6 Å². The second kappa shape index (κ2) is 3.67. The first kappa shape index (κ1) is 9.83. The lowest BCUT2D eigenvalue weighted by molar-refractivity contribution is 1.02. The van der Waals surface area contributed by atoms with Gasteiger partial charge >= 0.3 is 0 Å². The number of rotatable bonds is 2. The van der Waals surface area contributed by atoms with Gasteiger partial charge < -0.3 is 4.98 Å². The number of nitrogens with one attached hydrogen (secondary N) is 1. The van der Waals surface area contributed by atoms with Crippen molar-refractivity contribution in [2.24, 2.45) is 0 Å². The molecular formula is C15H13N3. The summed E-state index contributed by atoms with van der Waals surface area (Å²) in [4.78, 5) is 12.1. The number of nitrogens with zero attached hydrogens (tertiary/aromatic N) is 2. The third kappa shape index (κ3) is 1.59. The summed E-state index contributed by atoms with van der Waals surface area (Å²) in [6.07, 6.45) is 8.36. The van der Waals surface area contributed by atoms with Gasteiger partial charge in [0.25, 0.3) is 0 Å². The normalized spacial score (nSPS) is 15.1. The van der Waals surface area contributed by atoms with Crippen molar-refractivity contribution in [3.05, 3.63) is 48.5 Å². The van der Waals surface area contributed by atoms with Crippen molar-refractivity contribution in [1.82, 2.24) is 15.0 Å². The molecule has 1 aliphatic carbocycles. The number of H-pyrrole nitrogens is 1. The molecule has 1 saturated carbocycles. The summed E-state index contributed by atoms with van der Waals surface area (Å²) in [5.74, 6) is 0.712. The largest absolute Gasteiger partial charge is 0.346 e. The Balaban J connectivity index is 1.75. The molecule has 0 aromatic carbocycles. The highest BCUT2D eigenvalue weighted by Gasteiger charge is 2.24. The van der Waals surface area contributed by atoms with Gasteiger partial charge in [0, 0.05) is 46.7 Å². The van der Waals surface area contributed by atoms with Crippen LogP contribution < -0.4 is 0 Å². The van der Waals surface area contributed by atoms with Crippen LogP contribution in [0.5, 0.6) is 0 Å². The Morgan fingerprint density at radius 2 is 1.89 bits per heavy atom. The number of aromatic amines is 1. The Morgan fingerprint density at radius 1 is 1.00 bits per heavy atom. The van der Waals surface area contributed by atoms with Crippen LogP contribution >= 0.6 is 0 Å². The molecule has 88 valence electrons. The highest BCUT2D eigenvalue weighted by molar-refractivity contribution is 5.81. The van der Waals surface area contributed by atoms with Gasteiger partial charge in [0.05, 0.1) is 0 Å². The van der Waals surface area contributed by atoms with E-state index in [1.54, 1.807) is 0 Å². The Kier molecular flexibility index (Phi) is 2.00. The van der Waals surface area contributed by atoms with E-state index >= 15 is 0 Å². The maximum Gasteiger partial charge on any atom is 0.137 e. The molecule has 0 radical (unpaired) electrons. The predicted molar refractivity (Wildman–Crippen MR) is 71.3 cm³/mol.